The van der Waals surface area contributed by atoms with E-state index in [1.165, 1.54) is 17.6 Å². The molecule has 4 rings (SSSR count). The number of carbonyl (C=O) groups is 2. The number of nitrogens with one attached hydrogen (secondary N) is 2. The Morgan fingerprint density at radius 2 is 1.87 bits per heavy atom. The van der Waals surface area contributed by atoms with Gasteiger partial charge in [-0.15, -0.1) is 11.3 Å². The fraction of sp³-hybridized carbons (Fsp3) is 0.0455. The largest absolute Gasteiger partial charge is 0.459 e. The average molecular weight is 438 g/mol. The average Bonchev–Trinajstić information content (AvgIpc) is 3.41. The van der Waals surface area contributed by atoms with Crippen molar-refractivity contribution in [1.82, 2.24) is 5.43 Å². The molecule has 0 unspecified atom stereocenters. The first kappa shape index (κ1) is 19.9. The van der Waals surface area contributed by atoms with Crippen LogP contribution in [0.15, 0.2) is 76.4 Å². The third kappa shape index (κ3) is 4.12. The fourth-order valence-electron chi connectivity index (χ4n) is 2.83. The minimum atomic E-state index is -0.372. The molecule has 8 heteroatoms. The Balaban J connectivity index is 1.48. The van der Waals surface area contributed by atoms with E-state index in [9.17, 15) is 9.59 Å². The summed E-state index contributed by atoms with van der Waals surface area (Å²) >= 11 is 7.67. The molecule has 30 heavy (non-hydrogen) atoms. The molecule has 2 aromatic carbocycles. The number of rotatable bonds is 5. The normalized spacial score (nSPS) is 11.5. The predicted molar refractivity (Wildman–Crippen MR) is 120 cm³/mol. The Bertz CT molecular complexity index is 1260. The number of halogens is 1. The van der Waals surface area contributed by atoms with Crippen molar-refractivity contribution < 1.29 is 14.0 Å². The van der Waals surface area contributed by atoms with Crippen LogP contribution in [0.25, 0.3) is 10.1 Å². The van der Waals surface area contributed by atoms with Crippen molar-refractivity contribution in [1.29, 1.82) is 0 Å². The lowest BCUT2D eigenvalue weighted by Crippen LogP contribution is -2.18. The fourth-order valence-corrected chi connectivity index (χ4v) is 4.24. The topological polar surface area (TPSA) is 83.7 Å². The predicted octanol–water partition coefficient (Wildman–Crippen LogP) is 5.55. The highest BCUT2D eigenvalue weighted by Crippen LogP contribution is 2.34. The summed E-state index contributed by atoms with van der Waals surface area (Å²) in [5.74, 6) is -0.499. The molecule has 2 aromatic heterocycles. The van der Waals surface area contributed by atoms with Crippen LogP contribution in [0.4, 0.5) is 5.69 Å². The second-order valence-electron chi connectivity index (χ2n) is 6.39. The first-order chi connectivity index (χ1) is 14.5. The van der Waals surface area contributed by atoms with Gasteiger partial charge in [-0.2, -0.15) is 5.10 Å². The summed E-state index contributed by atoms with van der Waals surface area (Å²) in [6, 6.07) is 17.9. The summed E-state index contributed by atoms with van der Waals surface area (Å²) in [5.41, 5.74) is 4.46. The molecule has 0 aliphatic heterocycles. The lowest BCUT2D eigenvalue weighted by atomic mass is 10.1. The molecule has 2 amide bonds. The number of amides is 2. The molecule has 0 spiro atoms. The lowest BCUT2D eigenvalue weighted by molar-refractivity contribution is 0.0957. The van der Waals surface area contributed by atoms with Crippen LogP contribution in [-0.4, -0.2) is 17.5 Å². The number of nitrogens with zero attached hydrogens (tertiary/aromatic N) is 1. The zero-order chi connectivity index (χ0) is 21.1. The number of thiophene rings is 1. The maximum Gasteiger partial charge on any atom is 0.291 e. The summed E-state index contributed by atoms with van der Waals surface area (Å²) in [4.78, 5) is 25.1. The van der Waals surface area contributed by atoms with Crippen LogP contribution in [0.5, 0.6) is 0 Å². The minimum absolute atomic E-state index is 0.221. The Hall–Kier alpha value is -3.42. The number of hydrogen-bond donors (Lipinski definition) is 2. The third-order valence-electron chi connectivity index (χ3n) is 4.35. The molecule has 150 valence electrons. The highest BCUT2D eigenvalue weighted by atomic mass is 35.5. The van der Waals surface area contributed by atoms with Crippen LogP contribution in [0.2, 0.25) is 5.02 Å². The van der Waals surface area contributed by atoms with Gasteiger partial charge in [-0.3, -0.25) is 9.59 Å². The van der Waals surface area contributed by atoms with Crippen molar-refractivity contribution in [2.24, 2.45) is 5.10 Å². The van der Waals surface area contributed by atoms with Gasteiger partial charge in [0.15, 0.2) is 5.76 Å². The number of carbonyl (C=O) groups excluding carboxylic acids is 2. The first-order valence-corrected chi connectivity index (χ1v) is 10.2. The van der Waals surface area contributed by atoms with Gasteiger partial charge >= 0.3 is 0 Å². The van der Waals surface area contributed by atoms with Crippen molar-refractivity contribution in [3.63, 3.8) is 0 Å². The summed E-state index contributed by atoms with van der Waals surface area (Å²) in [7, 11) is 0. The van der Waals surface area contributed by atoms with Gasteiger partial charge in [0.05, 0.1) is 17.0 Å². The smallest absolute Gasteiger partial charge is 0.291 e. The van der Waals surface area contributed by atoms with Crippen LogP contribution < -0.4 is 10.7 Å². The van der Waals surface area contributed by atoms with Crippen LogP contribution in [0, 0.1) is 0 Å². The van der Waals surface area contributed by atoms with Gasteiger partial charge in [0.2, 0.25) is 0 Å². The van der Waals surface area contributed by atoms with E-state index in [1.54, 1.807) is 37.3 Å². The van der Waals surface area contributed by atoms with E-state index in [2.05, 4.69) is 15.8 Å². The monoisotopic (exact) mass is 437 g/mol. The van der Waals surface area contributed by atoms with Gasteiger partial charge in [0.25, 0.3) is 11.8 Å². The summed E-state index contributed by atoms with van der Waals surface area (Å²) < 4.78 is 6.03. The van der Waals surface area contributed by atoms with Gasteiger partial charge in [0, 0.05) is 15.8 Å². The van der Waals surface area contributed by atoms with E-state index in [-0.39, 0.29) is 17.6 Å². The molecule has 0 aliphatic carbocycles. The first-order valence-electron chi connectivity index (χ1n) is 9.00. The molecule has 0 atom stereocenters. The highest BCUT2D eigenvalue weighted by molar-refractivity contribution is 7.21. The molecule has 6 nitrogen and oxygen atoms in total. The molecule has 0 saturated heterocycles. The molecular formula is C22H16ClN3O3S. The van der Waals surface area contributed by atoms with Crippen molar-refractivity contribution in [2.45, 2.75) is 6.92 Å². The van der Waals surface area contributed by atoms with E-state index in [0.717, 1.165) is 15.6 Å². The zero-order valence-electron chi connectivity index (χ0n) is 15.8. The van der Waals surface area contributed by atoms with Crippen LogP contribution in [0.1, 0.15) is 32.7 Å². The molecule has 2 heterocycles. The quantitative estimate of drug-likeness (QED) is 0.317. The van der Waals surface area contributed by atoms with Crippen LogP contribution in [0.3, 0.4) is 0 Å². The van der Waals surface area contributed by atoms with Crippen LogP contribution in [-0.2, 0) is 0 Å². The molecule has 0 fully saturated rings. The van der Waals surface area contributed by atoms with Gasteiger partial charge in [-0.25, -0.2) is 5.43 Å². The highest BCUT2D eigenvalue weighted by Gasteiger charge is 2.16. The van der Waals surface area contributed by atoms with Crippen molar-refractivity contribution in [2.75, 3.05) is 5.32 Å². The summed E-state index contributed by atoms with van der Waals surface area (Å²) in [6.07, 6.45) is 1.44. The molecule has 0 radical (unpaired) electrons. The standard InChI is InChI=1S/C22H16ClN3O3S/c1-13(14-6-4-7-15(12-14)24-21(27)17-9-5-11-29-17)25-26-22(28)20-19(23)16-8-2-3-10-18(16)30-20/h2-12H,1H3,(H,24,27)(H,26,28)/b25-13+. The van der Waals surface area contributed by atoms with Crippen LogP contribution >= 0.6 is 22.9 Å². The lowest BCUT2D eigenvalue weighted by Gasteiger charge is -2.07. The molecule has 0 bridgehead atoms. The van der Waals surface area contributed by atoms with Gasteiger partial charge in [-0.05, 0) is 42.8 Å². The van der Waals surface area contributed by atoms with Crippen molar-refractivity contribution in [3.8, 4) is 0 Å². The van der Waals surface area contributed by atoms with E-state index in [0.29, 0.717) is 21.3 Å². The summed E-state index contributed by atoms with van der Waals surface area (Å²) in [6.45, 7) is 1.76. The number of benzene rings is 2. The number of fused-ring (bicyclic) bond motifs is 1. The number of hydrazone groups is 1. The molecule has 2 N–H and O–H groups in total. The number of anilines is 1. The Labute approximate surface area is 181 Å². The minimum Gasteiger partial charge on any atom is -0.459 e. The van der Waals surface area contributed by atoms with Crippen molar-refractivity contribution >= 4 is 56.2 Å². The maximum atomic E-state index is 12.6. The van der Waals surface area contributed by atoms with Gasteiger partial charge in [0.1, 0.15) is 4.88 Å². The second kappa shape index (κ2) is 8.52. The Morgan fingerprint density at radius 1 is 1.03 bits per heavy atom. The summed E-state index contributed by atoms with van der Waals surface area (Å²) in [5, 5.41) is 8.21. The Kier molecular flexibility index (Phi) is 5.65. The van der Waals surface area contributed by atoms with E-state index in [1.807, 2.05) is 30.3 Å². The molecular weight excluding hydrogens is 422 g/mol. The number of furan rings is 1. The van der Waals surface area contributed by atoms with Gasteiger partial charge < -0.3 is 9.73 Å². The SMILES string of the molecule is C/C(=N\NC(=O)c1sc2ccccc2c1Cl)c1cccc(NC(=O)c2ccco2)c1. The zero-order valence-corrected chi connectivity index (χ0v) is 17.4. The van der Waals surface area contributed by atoms with E-state index in [4.69, 9.17) is 16.0 Å². The van der Waals surface area contributed by atoms with E-state index < -0.39 is 0 Å². The molecule has 4 aromatic rings. The van der Waals surface area contributed by atoms with Gasteiger partial charge in [-0.1, -0.05) is 41.9 Å². The molecule has 0 saturated carbocycles. The Morgan fingerprint density at radius 3 is 2.63 bits per heavy atom. The second-order valence-corrected chi connectivity index (χ2v) is 7.82. The number of hydrogen-bond acceptors (Lipinski definition) is 5. The van der Waals surface area contributed by atoms with E-state index >= 15 is 0 Å². The van der Waals surface area contributed by atoms with Crippen molar-refractivity contribution in [3.05, 3.63) is 88.2 Å². The third-order valence-corrected chi connectivity index (χ3v) is 6.02. The molecule has 0 aliphatic rings. The maximum absolute atomic E-state index is 12.6.